The van der Waals surface area contributed by atoms with E-state index in [-0.39, 0.29) is 17.5 Å². The Kier molecular flexibility index (Phi) is 7.55. The van der Waals surface area contributed by atoms with Crippen molar-refractivity contribution >= 4 is 37.7 Å². The van der Waals surface area contributed by atoms with E-state index in [1.807, 2.05) is 19.1 Å². The highest BCUT2D eigenvalue weighted by Crippen LogP contribution is 2.31. The minimum Gasteiger partial charge on any atom is -0.465 e. The molecule has 1 aliphatic rings. The second kappa shape index (κ2) is 9.94. The van der Waals surface area contributed by atoms with Crippen molar-refractivity contribution in [2.24, 2.45) is 5.92 Å². The summed E-state index contributed by atoms with van der Waals surface area (Å²) in [5, 5.41) is 0. The van der Waals surface area contributed by atoms with Gasteiger partial charge in [0.2, 0.25) is 0 Å². The Bertz CT molecular complexity index is 983. The first-order valence-corrected chi connectivity index (χ1v) is 12.1. The fourth-order valence-corrected chi connectivity index (χ4v) is 4.88. The Morgan fingerprint density at radius 2 is 1.80 bits per heavy atom. The fourth-order valence-electron chi connectivity index (χ4n) is 3.61. The van der Waals surface area contributed by atoms with Crippen LogP contribution >= 0.6 is 15.9 Å². The number of carbonyl (C=O) groups excluding carboxylic acids is 1. The van der Waals surface area contributed by atoms with E-state index in [2.05, 4.69) is 20.8 Å². The van der Waals surface area contributed by atoms with Crippen molar-refractivity contribution in [1.29, 1.82) is 0 Å². The molecule has 0 N–H and O–H groups in total. The summed E-state index contributed by atoms with van der Waals surface area (Å²) in [6.45, 7) is 3.66. The van der Waals surface area contributed by atoms with Gasteiger partial charge >= 0.3 is 5.97 Å². The van der Waals surface area contributed by atoms with Crippen LogP contribution in [0, 0.1) is 12.8 Å². The lowest BCUT2D eigenvalue weighted by molar-refractivity contribution is 0.0601. The summed E-state index contributed by atoms with van der Waals surface area (Å²) in [7, 11) is -2.34. The number of ether oxygens (including phenoxy) is 1. The third kappa shape index (κ3) is 5.62. The summed E-state index contributed by atoms with van der Waals surface area (Å²) in [6.07, 6.45) is 2.49. The molecule has 0 unspecified atom stereocenters. The van der Waals surface area contributed by atoms with Crippen molar-refractivity contribution in [3.8, 4) is 0 Å². The Morgan fingerprint density at radius 3 is 2.43 bits per heavy atom. The van der Waals surface area contributed by atoms with E-state index in [0.29, 0.717) is 17.9 Å². The Morgan fingerprint density at radius 1 is 1.13 bits per heavy atom. The van der Waals surface area contributed by atoms with Gasteiger partial charge in [0.05, 0.1) is 29.9 Å². The number of hydrogen-bond donors (Lipinski definition) is 0. The Balaban J connectivity index is 1.54. The molecule has 162 valence electrons. The molecule has 1 saturated heterocycles. The first kappa shape index (κ1) is 22.8. The van der Waals surface area contributed by atoms with E-state index >= 15 is 0 Å². The van der Waals surface area contributed by atoms with Gasteiger partial charge in [-0.15, -0.1) is 0 Å². The predicted octanol–water partition coefficient (Wildman–Crippen LogP) is 4.56. The molecular weight excluding hydrogens is 470 g/mol. The largest absolute Gasteiger partial charge is 0.465 e. The highest BCUT2D eigenvalue weighted by Gasteiger charge is 2.24. The lowest BCUT2D eigenvalue weighted by Crippen LogP contribution is -2.35. The van der Waals surface area contributed by atoms with Gasteiger partial charge in [0.1, 0.15) is 0 Å². The van der Waals surface area contributed by atoms with Crippen LogP contribution in [-0.4, -0.2) is 41.2 Å². The Labute approximate surface area is 186 Å². The molecule has 2 aromatic carbocycles. The van der Waals surface area contributed by atoms with E-state index < -0.39 is 10.1 Å². The summed E-state index contributed by atoms with van der Waals surface area (Å²) in [6, 6.07) is 12.2. The number of aryl methyl sites for hydroxylation is 1. The summed E-state index contributed by atoms with van der Waals surface area (Å²) < 4.78 is 35.7. The van der Waals surface area contributed by atoms with Crippen LogP contribution in [0.15, 0.2) is 51.8 Å². The minimum absolute atomic E-state index is 0.172. The van der Waals surface area contributed by atoms with Crippen molar-refractivity contribution in [1.82, 2.24) is 0 Å². The molecule has 30 heavy (non-hydrogen) atoms. The monoisotopic (exact) mass is 495 g/mol. The minimum atomic E-state index is -3.72. The van der Waals surface area contributed by atoms with Crippen LogP contribution in [0.5, 0.6) is 0 Å². The molecule has 1 fully saturated rings. The maximum atomic E-state index is 12.3. The maximum absolute atomic E-state index is 12.3. The maximum Gasteiger partial charge on any atom is 0.339 e. The van der Waals surface area contributed by atoms with Crippen LogP contribution in [0.4, 0.5) is 5.69 Å². The number of esters is 1. The van der Waals surface area contributed by atoms with Crippen molar-refractivity contribution in [3.05, 3.63) is 58.1 Å². The third-order valence-electron chi connectivity index (χ3n) is 5.39. The highest BCUT2D eigenvalue weighted by atomic mass is 79.9. The molecule has 0 aromatic heterocycles. The van der Waals surface area contributed by atoms with Gasteiger partial charge in [0.25, 0.3) is 10.1 Å². The molecule has 8 heteroatoms. The van der Waals surface area contributed by atoms with Crippen LogP contribution in [0.2, 0.25) is 0 Å². The molecule has 1 heterocycles. The molecule has 2 aromatic rings. The predicted molar refractivity (Wildman–Crippen MR) is 119 cm³/mol. The van der Waals surface area contributed by atoms with Crippen molar-refractivity contribution in [2.45, 2.75) is 31.1 Å². The molecule has 0 aliphatic carbocycles. The third-order valence-corrected chi connectivity index (χ3v) is 7.21. The van der Waals surface area contributed by atoms with E-state index in [4.69, 9.17) is 8.92 Å². The fraction of sp³-hybridized carbons (Fsp3) is 0.409. The number of piperidine rings is 1. The van der Waals surface area contributed by atoms with E-state index in [9.17, 15) is 13.2 Å². The van der Waals surface area contributed by atoms with Crippen molar-refractivity contribution in [2.75, 3.05) is 31.7 Å². The molecule has 1 aliphatic heterocycles. The Hall–Kier alpha value is -1.90. The van der Waals surface area contributed by atoms with Gasteiger partial charge in [-0.05, 0) is 62.4 Å². The van der Waals surface area contributed by atoms with Crippen molar-refractivity contribution in [3.63, 3.8) is 0 Å². The average Bonchev–Trinajstić information content (AvgIpc) is 2.74. The van der Waals surface area contributed by atoms with E-state index in [0.717, 1.165) is 41.7 Å². The zero-order valence-electron chi connectivity index (χ0n) is 17.1. The first-order chi connectivity index (χ1) is 14.3. The lowest BCUT2D eigenvalue weighted by atomic mass is 9.93. The summed E-state index contributed by atoms with van der Waals surface area (Å²) in [5.41, 5.74) is 2.40. The zero-order chi connectivity index (χ0) is 21.7. The van der Waals surface area contributed by atoms with Crippen LogP contribution in [0.1, 0.15) is 35.2 Å². The summed E-state index contributed by atoms with van der Waals surface area (Å²) in [4.78, 5) is 14.5. The number of carbonyl (C=O) groups is 1. The van der Waals surface area contributed by atoms with Gasteiger partial charge in [-0.1, -0.05) is 33.6 Å². The number of benzene rings is 2. The number of nitrogens with zero attached hydrogens (tertiary/aromatic N) is 1. The molecule has 0 atom stereocenters. The molecule has 0 saturated carbocycles. The molecular formula is C22H26BrNO5S. The molecule has 0 spiro atoms. The number of rotatable bonds is 7. The highest BCUT2D eigenvalue weighted by molar-refractivity contribution is 9.10. The lowest BCUT2D eigenvalue weighted by Gasteiger charge is -2.34. The second-order valence-electron chi connectivity index (χ2n) is 7.46. The quantitative estimate of drug-likeness (QED) is 0.414. The van der Waals surface area contributed by atoms with Gasteiger partial charge in [-0.25, -0.2) is 4.79 Å². The smallest absolute Gasteiger partial charge is 0.339 e. The average molecular weight is 496 g/mol. The summed E-state index contributed by atoms with van der Waals surface area (Å²) in [5.74, 6) is 0.0255. The van der Waals surface area contributed by atoms with Gasteiger partial charge in [0, 0.05) is 17.6 Å². The zero-order valence-corrected chi connectivity index (χ0v) is 19.5. The van der Waals surface area contributed by atoms with Gasteiger partial charge in [-0.2, -0.15) is 8.42 Å². The SMILES string of the molecule is COC(=O)c1ccc(Br)cc1N1CCC(CCOS(=O)(=O)c2ccc(C)cc2)CC1. The molecule has 0 radical (unpaired) electrons. The molecule has 6 nitrogen and oxygen atoms in total. The van der Waals surface area contributed by atoms with Gasteiger partial charge in [0.15, 0.2) is 0 Å². The topological polar surface area (TPSA) is 72.9 Å². The second-order valence-corrected chi connectivity index (χ2v) is 9.99. The van der Waals surface area contributed by atoms with E-state index in [1.54, 1.807) is 30.3 Å². The van der Waals surface area contributed by atoms with Crippen LogP contribution in [0.25, 0.3) is 0 Å². The number of anilines is 1. The van der Waals surface area contributed by atoms with Gasteiger partial charge < -0.3 is 9.64 Å². The first-order valence-electron chi connectivity index (χ1n) is 9.89. The van der Waals surface area contributed by atoms with Gasteiger partial charge in [-0.3, -0.25) is 4.18 Å². The molecule has 3 rings (SSSR count). The number of halogens is 1. The van der Waals surface area contributed by atoms with Crippen LogP contribution < -0.4 is 4.90 Å². The van der Waals surface area contributed by atoms with Crippen LogP contribution in [0.3, 0.4) is 0 Å². The molecule has 0 amide bonds. The molecule has 0 bridgehead atoms. The van der Waals surface area contributed by atoms with Crippen LogP contribution in [-0.2, 0) is 19.0 Å². The standard InChI is InChI=1S/C22H26BrNO5S/c1-16-3-6-19(7-4-16)30(26,27)29-14-11-17-9-12-24(13-10-17)21-15-18(23)5-8-20(21)22(25)28-2/h3-8,15,17H,9-14H2,1-2H3. The number of methoxy groups -OCH3 is 1. The van der Waals surface area contributed by atoms with E-state index in [1.165, 1.54) is 7.11 Å². The normalized spacial score (nSPS) is 15.2. The summed E-state index contributed by atoms with van der Waals surface area (Å²) >= 11 is 3.47. The van der Waals surface area contributed by atoms with Crippen molar-refractivity contribution < 1.29 is 22.1 Å². The number of hydrogen-bond acceptors (Lipinski definition) is 6.